The van der Waals surface area contributed by atoms with E-state index in [0.717, 1.165) is 30.9 Å². The van der Waals surface area contributed by atoms with Gasteiger partial charge in [0.05, 0.1) is 6.61 Å². The number of carbonyl (C=O) groups is 1. The lowest BCUT2D eigenvalue weighted by molar-refractivity contribution is -0.138. The standard InChI is InChI=1S/C13H26O3Si/c1-5-16-13(15)12(11-17(2,3)4)9-7-6-8-10-14/h9,14H,5-8,10-11H2,1-4H3/b12-9-. The van der Waals surface area contributed by atoms with E-state index in [1.165, 1.54) is 0 Å². The Kier molecular flexibility index (Phi) is 8.17. The van der Waals surface area contributed by atoms with Crippen molar-refractivity contribution in [2.45, 2.75) is 51.9 Å². The van der Waals surface area contributed by atoms with Crippen LogP contribution in [0.3, 0.4) is 0 Å². The zero-order valence-electron chi connectivity index (χ0n) is 11.6. The van der Waals surface area contributed by atoms with Crippen LogP contribution in [0.25, 0.3) is 0 Å². The van der Waals surface area contributed by atoms with Crippen molar-refractivity contribution in [3.63, 3.8) is 0 Å². The number of hydrogen-bond acceptors (Lipinski definition) is 3. The molecule has 0 aromatic carbocycles. The van der Waals surface area contributed by atoms with E-state index in [4.69, 9.17) is 9.84 Å². The van der Waals surface area contributed by atoms with Crippen molar-refractivity contribution in [2.24, 2.45) is 0 Å². The molecule has 17 heavy (non-hydrogen) atoms. The largest absolute Gasteiger partial charge is 0.463 e. The van der Waals surface area contributed by atoms with E-state index < -0.39 is 8.07 Å². The third-order valence-corrected chi connectivity index (χ3v) is 3.70. The monoisotopic (exact) mass is 258 g/mol. The second-order valence-electron chi connectivity index (χ2n) is 5.41. The molecule has 0 rings (SSSR count). The van der Waals surface area contributed by atoms with Crippen molar-refractivity contribution in [2.75, 3.05) is 13.2 Å². The Bertz CT molecular complexity index is 254. The van der Waals surface area contributed by atoms with E-state index >= 15 is 0 Å². The van der Waals surface area contributed by atoms with Gasteiger partial charge in [-0.15, -0.1) is 0 Å². The molecule has 0 aliphatic rings. The predicted octanol–water partition coefficient (Wildman–Crippen LogP) is 2.98. The molecule has 100 valence electrons. The zero-order valence-corrected chi connectivity index (χ0v) is 12.6. The molecule has 0 spiro atoms. The normalized spacial score (nSPS) is 12.6. The molecule has 0 heterocycles. The van der Waals surface area contributed by atoms with E-state index in [2.05, 4.69) is 19.6 Å². The van der Waals surface area contributed by atoms with Gasteiger partial charge < -0.3 is 9.84 Å². The number of unbranched alkanes of at least 4 members (excludes halogenated alkanes) is 2. The summed E-state index contributed by atoms with van der Waals surface area (Å²) in [5.74, 6) is -0.168. The smallest absolute Gasteiger partial charge is 0.333 e. The number of rotatable bonds is 8. The summed E-state index contributed by atoms with van der Waals surface area (Å²) < 4.78 is 5.07. The second kappa shape index (κ2) is 8.47. The van der Waals surface area contributed by atoms with Crippen LogP contribution < -0.4 is 0 Å². The number of ether oxygens (including phenoxy) is 1. The van der Waals surface area contributed by atoms with Crippen molar-refractivity contribution in [3.05, 3.63) is 11.6 Å². The summed E-state index contributed by atoms with van der Waals surface area (Å²) in [6.45, 7) is 9.21. The summed E-state index contributed by atoms with van der Waals surface area (Å²) >= 11 is 0. The number of aliphatic hydroxyl groups excluding tert-OH is 1. The molecule has 0 amide bonds. The Hall–Kier alpha value is -0.613. The fourth-order valence-electron chi connectivity index (χ4n) is 1.56. The average Bonchev–Trinajstić information content (AvgIpc) is 2.21. The third-order valence-electron chi connectivity index (χ3n) is 2.26. The maximum atomic E-state index is 11.8. The van der Waals surface area contributed by atoms with Gasteiger partial charge in [-0.05, 0) is 32.2 Å². The second-order valence-corrected chi connectivity index (χ2v) is 10.9. The molecule has 0 radical (unpaired) electrons. The molecule has 0 unspecified atom stereocenters. The minimum Gasteiger partial charge on any atom is -0.463 e. The van der Waals surface area contributed by atoms with Gasteiger partial charge in [0.1, 0.15) is 0 Å². The lowest BCUT2D eigenvalue weighted by Gasteiger charge is -2.17. The van der Waals surface area contributed by atoms with Gasteiger partial charge in [-0.2, -0.15) is 0 Å². The fraction of sp³-hybridized carbons (Fsp3) is 0.769. The van der Waals surface area contributed by atoms with Crippen molar-refractivity contribution in [1.82, 2.24) is 0 Å². The van der Waals surface area contributed by atoms with Crippen LogP contribution in [0.2, 0.25) is 25.7 Å². The molecule has 0 saturated heterocycles. The molecule has 0 saturated carbocycles. The zero-order chi connectivity index (χ0) is 13.3. The highest BCUT2D eigenvalue weighted by Crippen LogP contribution is 2.18. The van der Waals surface area contributed by atoms with E-state index in [-0.39, 0.29) is 12.6 Å². The highest BCUT2D eigenvalue weighted by Gasteiger charge is 2.20. The van der Waals surface area contributed by atoms with Crippen LogP contribution in [0.4, 0.5) is 0 Å². The van der Waals surface area contributed by atoms with Crippen LogP contribution in [-0.2, 0) is 9.53 Å². The Morgan fingerprint density at radius 2 is 1.94 bits per heavy atom. The van der Waals surface area contributed by atoms with Gasteiger partial charge in [-0.1, -0.05) is 25.7 Å². The maximum Gasteiger partial charge on any atom is 0.333 e. The summed E-state index contributed by atoms with van der Waals surface area (Å²) in [7, 11) is -1.30. The van der Waals surface area contributed by atoms with Gasteiger partial charge in [-0.25, -0.2) is 4.79 Å². The fourth-order valence-corrected chi connectivity index (χ4v) is 2.99. The van der Waals surface area contributed by atoms with Gasteiger partial charge >= 0.3 is 5.97 Å². The Morgan fingerprint density at radius 1 is 1.29 bits per heavy atom. The molecule has 0 fully saturated rings. The first-order chi connectivity index (χ1) is 7.90. The van der Waals surface area contributed by atoms with Crippen molar-refractivity contribution >= 4 is 14.0 Å². The number of allylic oxidation sites excluding steroid dienone is 1. The molecule has 0 aliphatic heterocycles. The van der Waals surface area contributed by atoms with Gasteiger partial charge in [0, 0.05) is 20.3 Å². The molecule has 0 bridgehead atoms. The van der Waals surface area contributed by atoms with Gasteiger partial charge in [0.15, 0.2) is 0 Å². The van der Waals surface area contributed by atoms with Crippen molar-refractivity contribution in [1.29, 1.82) is 0 Å². The average molecular weight is 258 g/mol. The first-order valence-corrected chi connectivity index (χ1v) is 10.1. The summed E-state index contributed by atoms with van der Waals surface area (Å²) in [5.41, 5.74) is 0.823. The first kappa shape index (κ1) is 16.4. The number of carbonyl (C=O) groups excluding carboxylic acids is 1. The van der Waals surface area contributed by atoms with E-state index in [0.29, 0.717) is 6.61 Å². The highest BCUT2D eigenvalue weighted by atomic mass is 28.3. The maximum absolute atomic E-state index is 11.8. The van der Waals surface area contributed by atoms with Crippen molar-refractivity contribution < 1.29 is 14.6 Å². The molecular formula is C13H26O3Si. The van der Waals surface area contributed by atoms with Crippen LogP contribution >= 0.6 is 0 Å². The van der Waals surface area contributed by atoms with Crippen LogP contribution in [0, 0.1) is 0 Å². The van der Waals surface area contributed by atoms with E-state index in [9.17, 15) is 4.79 Å². The molecule has 0 aromatic rings. The Morgan fingerprint density at radius 3 is 2.41 bits per heavy atom. The highest BCUT2D eigenvalue weighted by molar-refractivity contribution is 6.77. The Labute approximate surface area is 106 Å². The van der Waals surface area contributed by atoms with E-state index in [1.807, 2.05) is 13.0 Å². The molecule has 0 aliphatic carbocycles. The van der Waals surface area contributed by atoms with Gasteiger partial charge in [-0.3, -0.25) is 0 Å². The Balaban J connectivity index is 4.44. The lowest BCUT2D eigenvalue weighted by Crippen LogP contribution is -2.23. The molecule has 1 N–H and O–H groups in total. The molecule has 4 heteroatoms. The third kappa shape index (κ3) is 9.12. The summed E-state index contributed by atoms with van der Waals surface area (Å²) in [5, 5.41) is 8.71. The first-order valence-electron chi connectivity index (χ1n) is 6.37. The summed E-state index contributed by atoms with van der Waals surface area (Å²) in [6, 6.07) is 0.866. The topological polar surface area (TPSA) is 46.5 Å². The van der Waals surface area contributed by atoms with E-state index in [1.54, 1.807) is 0 Å². The number of hydrogen-bond donors (Lipinski definition) is 1. The van der Waals surface area contributed by atoms with Crippen LogP contribution in [0.1, 0.15) is 26.2 Å². The molecular weight excluding hydrogens is 232 g/mol. The van der Waals surface area contributed by atoms with Crippen molar-refractivity contribution in [3.8, 4) is 0 Å². The van der Waals surface area contributed by atoms with Gasteiger partial charge in [0.25, 0.3) is 0 Å². The number of aliphatic hydroxyl groups is 1. The molecule has 0 aromatic heterocycles. The van der Waals surface area contributed by atoms with Crippen LogP contribution in [-0.4, -0.2) is 32.4 Å². The number of esters is 1. The SMILES string of the molecule is CCOC(=O)/C(=C\CCCCO)C[Si](C)(C)C. The van der Waals surface area contributed by atoms with Crippen LogP contribution in [0.15, 0.2) is 11.6 Å². The van der Waals surface area contributed by atoms with Crippen LogP contribution in [0.5, 0.6) is 0 Å². The minimum absolute atomic E-state index is 0.168. The molecule has 0 atom stereocenters. The predicted molar refractivity (Wildman–Crippen MR) is 73.8 cm³/mol. The summed E-state index contributed by atoms with van der Waals surface area (Å²) in [4.78, 5) is 11.8. The van der Waals surface area contributed by atoms with Gasteiger partial charge in [0.2, 0.25) is 0 Å². The quantitative estimate of drug-likeness (QED) is 0.315. The minimum atomic E-state index is -1.30. The summed E-state index contributed by atoms with van der Waals surface area (Å²) in [6.07, 6.45) is 4.55. The molecule has 3 nitrogen and oxygen atoms in total. The lowest BCUT2D eigenvalue weighted by atomic mass is 10.2.